The van der Waals surface area contributed by atoms with Crippen molar-refractivity contribution in [2.45, 2.75) is 23.8 Å². The predicted molar refractivity (Wildman–Crippen MR) is 87.2 cm³/mol. The molecule has 0 radical (unpaired) electrons. The predicted octanol–water partition coefficient (Wildman–Crippen LogP) is 0.427. The van der Waals surface area contributed by atoms with Gasteiger partial charge in [0.1, 0.15) is 10.6 Å². The molecule has 0 spiro atoms. The molecule has 0 aromatic heterocycles. The number of rotatable bonds is 5. The van der Waals surface area contributed by atoms with Gasteiger partial charge in [-0.1, -0.05) is 0 Å². The van der Waals surface area contributed by atoms with Crippen molar-refractivity contribution in [1.82, 2.24) is 14.9 Å². The highest BCUT2D eigenvalue weighted by Gasteiger charge is 2.24. The van der Waals surface area contributed by atoms with Crippen LogP contribution in [-0.4, -0.2) is 59.0 Å². The maximum Gasteiger partial charge on any atom is 0.251 e. The Labute approximate surface area is 137 Å². The second-order valence-electron chi connectivity index (χ2n) is 5.67. The third-order valence-corrected chi connectivity index (χ3v) is 5.65. The number of piperidine rings is 1. The summed E-state index contributed by atoms with van der Waals surface area (Å²) in [6.45, 7) is 1.69. The van der Waals surface area contributed by atoms with Gasteiger partial charge in [-0.15, -0.1) is 0 Å². The van der Waals surface area contributed by atoms with Gasteiger partial charge in [0.25, 0.3) is 5.91 Å². The van der Waals surface area contributed by atoms with Crippen molar-refractivity contribution in [1.29, 1.82) is 0 Å². The Morgan fingerprint density at radius 2 is 2.13 bits per heavy atom. The quantitative estimate of drug-likeness (QED) is 0.811. The minimum Gasteiger partial charge on any atom is -0.495 e. The summed E-state index contributed by atoms with van der Waals surface area (Å²) in [5.41, 5.74) is 0.303. The van der Waals surface area contributed by atoms with Crippen LogP contribution in [0.3, 0.4) is 0 Å². The van der Waals surface area contributed by atoms with E-state index in [0.29, 0.717) is 5.56 Å². The van der Waals surface area contributed by atoms with Crippen LogP contribution in [0.5, 0.6) is 5.75 Å². The summed E-state index contributed by atoms with van der Waals surface area (Å²) in [6.07, 6.45) is 1.92. The molecule has 8 heteroatoms. The number of nitrogens with zero attached hydrogens (tertiary/aromatic N) is 1. The first-order valence-electron chi connectivity index (χ1n) is 7.48. The Kier molecular flexibility index (Phi) is 5.61. The van der Waals surface area contributed by atoms with Crippen LogP contribution in [0.1, 0.15) is 23.2 Å². The average Bonchev–Trinajstić information content (AvgIpc) is 2.55. The maximum absolute atomic E-state index is 12.4. The van der Waals surface area contributed by atoms with E-state index in [0.717, 1.165) is 30.2 Å². The van der Waals surface area contributed by atoms with E-state index in [1.165, 1.54) is 33.3 Å². The van der Waals surface area contributed by atoms with E-state index in [2.05, 4.69) is 10.6 Å². The van der Waals surface area contributed by atoms with Gasteiger partial charge in [0.15, 0.2) is 0 Å². The number of sulfonamides is 1. The number of benzene rings is 1. The number of amides is 1. The highest BCUT2D eigenvalue weighted by atomic mass is 32.2. The van der Waals surface area contributed by atoms with Crippen molar-refractivity contribution < 1.29 is 17.9 Å². The monoisotopic (exact) mass is 341 g/mol. The van der Waals surface area contributed by atoms with Crippen LogP contribution in [0.15, 0.2) is 23.1 Å². The lowest BCUT2D eigenvalue weighted by Gasteiger charge is -2.24. The number of hydrogen-bond acceptors (Lipinski definition) is 5. The first kappa shape index (κ1) is 17.7. The van der Waals surface area contributed by atoms with Gasteiger partial charge in [-0.05, 0) is 37.6 Å². The zero-order chi connectivity index (χ0) is 17.0. The van der Waals surface area contributed by atoms with Crippen molar-refractivity contribution in [3.63, 3.8) is 0 Å². The number of nitrogens with one attached hydrogen (secondary N) is 2. The minimum absolute atomic E-state index is 0.0144. The van der Waals surface area contributed by atoms with Crippen LogP contribution in [0, 0.1) is 0 Å². The van der Waals surface area contributed by atoms with E-state index in [9.17, 15) is 13.2 Å². The fraction of sp³-hybridized carbons (Fsp3) is 0.533. The van der Waals surface area contributed by atoms with E-state index in [1.54, 1.807) is 6.07 Å². The fourth-order valence-corrected chi connectivity index (χ4v) is 3.53. The molecule has 1 aromatic rings. The third-order valence-electron chi connectivity index (χ3n) is 3.82. The van der Waals surface area contributed by atoms with Crippen LogP contribution < -0.4 is 15.4 Å². The number of hydrogen-bond donors (Lipinski definition) is 2. The summed E-state index contributed by atoms with van der Waals surface area (Å²) in [7, 11) is 0.587. The molecule has 1 heterocycles. The van der Waals surface area contributed by atoms with Gasteiger partial charge in [0.05, 0.1) is 7.11 Å². The molecule has 7 nitrogen and oxygen atoms in total. The lowest BCUT2D eigenvalue weighted by molar-refractivity contribution is 0.0930. The Morgan fingerprint density at radius 3 is 2.70 bits per heavy atom. The first-order chi connectivity index (χ1) is 10.9. The van der Waals surface area contributed by atoms with Crippen molar-refractivity contribution in [2.75, 3.05) is 34.3 Å². The molecule has 128 valence electrons. The maximum atomic E-state index is 12.4. The molecule has 23 heavy (non-hydrogen) atoms. The van der Waals surface area contributed by atoms with Gasteiger partial charge in [-0.2, -0.15) is 0 Å². The standard InChI is InChI=1S/C15H23N3O4S/c1-18(2)23(20,21)14-9-11(6-7-13(14)22-3)15(19)17-12-5-4-8-16-10-12/h6-7,9,12,16H,4-5,8,10H2,1-3H3,(H,17,19)/t12-/m0/s1. The summed E-state index contributed by atoms with van der Waals surface area (Å²) >= 11 is 0. The number of carbonyl (C=O) groups is 1. The van der Waals surface area contributed by atoms with E-state index in [-0.39, 0.29) is 22.6 Å². The second kappa shape index (κ2) is 7.29. The third kappa shape index (κ3) is 4.01. The zero-order valence-corrected chi connectivity index (χ0v) is 14.4. The Balaban J connectivity index is 2.28. The molecule has 1 saturated heterocycles. The fourth-order valence-electron chi connectivity index (χ4n) is 2.46. The molecule has 2 rings (SSSR count). The van der Waals surface area contributed by atoms with Crippen LogP contribution in [-0.2, 0) is 10.0 Å². The second-order valence-corrected chi connectivity index (χ2v) is 7.79. The largest absolute Gasteiger partial charge is 0.495 e. The van der Waals surface area contributed by atoms with E-state index >= 15 is 0 Å². The minimum atomic E-state index is -3.69. The van der Waals surface area contributed by atoms with E-state index in [4.69, 9.17) is 4.74 Å². The number of methoxy groups -OCH3 is 1. The normalized spacial score (nSPS) is 18.7. The molecule has 1 amide bonds. The Hall–Kier alpha value is -1.64. The molecule has 0 bridgehead atoms. The molecule has 1 atom stereocenters. The van der Waals surface area contributed by atoms with E-state index < -0.39 is 10.0 Å². The molecule has 1 aliphatic heterocycles. The molecule has 0 saturated carbocycles. The van der Waals surface area contributed by atoms with Crippen LogP contribution in [0.4, 0.5) is 0 Å². The number of carbonyl (C=O) groups excluding carboxylic acids is 1. The van der Waals surface area contributed by atoms with Gasteiger partial charge < -0.3 is 15.4 Å². The summed E-state index contributed by atoms with van der Waals surface area (Å²) in [4.78, 5) is 12.4. The average molecular weight is 341 g/mol. The van der Waals surface area contributed by atoms with Gasteiger partial charge in [-0.25, -0.2) is 12.7 Å². The van der Waals surface area contributed by atoms with Gasteiger partial charge in [0.2, 0.25) is 10.0 Å². The molecular formula is C15H23N3O4S. The summed E-state index contributed by atoms with van der Waals surface area (Å²) < 4.78 is 31.0. The molecule has 1 fully saturated rings. The smallest absolute Gasteiger partial charge is 0.251 e. The molecule has 2 N–H and O–H groups in total. The highest BCUT2D eigenvalue weighted by molar-refractivity contribution is 7.89. The molecule has 1 aliphatic rings. The summed E-state index contributed by atoms with van der Waals surface area (Å²) in [5.74, 6) is -0.0638. The summed E-state index contributed by atoms with van der Waals surface area (Å²) in [5, 5.41) is 6.15. The summed E-state index contributed by atoms with van der Waals surface area (Å²) in [6, 6.07) is 4.50. The van der Waals surface area contributed by atoms with Gasteiger partial charge in [-0.3, -0.25) is 4.79 Å². The molecule has 1 aromatic carbocycles. The lowest BCUT2D eigenvalue weighted by Crippen LogP contribution is -2.45. The van der Waals surface area contributed by atoms with Crippen molar-refractivity contribution in [3.8, 4) is 5.75 Å². The van der Waals surface area contributed by atoms with Crippen LogP contribution in [0.25, 0.3) is 0 Å². The van der Waals surface area contributed by atoms with Crippen LogP contribution in [0.2, 0.25) is 0 Å². The van der Waals surface area contributed by atoms with Crippen LogP contribution >= 0.6 is 0 Å². The van der Waals surface area contributed by atoms with Crippen molar-refractivity contribution >= 4 is 15.9 Å². The SMILES string of the molecule is COc1ccc(C(=O)N[C@H]2CCCNC2)cc1S(=O)(=O)N(C)C. The highest BCUT2D eigenvalue weighted by Crippen LogP contribution is 2.27. The zero-order valence-electron chi connectivity index (χ0n) is 13.6. The number of ether oxygens (including phenoxy) is 1. The molecule has 0 aliphatic carbocycles. The molecular weight excluding hydrogens is 318 g/mol. The Morgan fingerprint density at radius 1 is 1.39 bits per heavy atom. The van der Waals surface area contributed by atoms with Crippen molar-refractivity contribution in [2.24, 2.45) is 0 Å². The van der Waals surface area contributed by atoms with E-state index in [1.807, 2.05) is 0 Å². The lowest BCUT2D eigenvalue weighted by atomic mass is 10.1. The molecule has 0 unspecified atom stereocenters. The first-order valence-corrected chi connectivity index (χ1v) is 8.92. The van der Waals surface area contributed by atoms with Gasteiger partial charge in [0, 0.05) is 32.2 Å². The van der Waals surface area contributed by atoms with Gasteiger partial charge >= 0.3 is 0 Å². The van der Waals surface area contributed by atoms with Crippen molar-refractivity contribution in [3.05, 3.63) is 23.8 Å². The topological polar surface area (TPSA) is 87.7 Å². The Bertz CT molecular complexity index is 667.